The first-order chi connectivity index (χ1) is 10.7. The zero-order valence-corrected chi connectivity index (χ0v) is 12.0. The predicted octanol–water partition coefficient (Wildman–Crippen LogP) is 1.47. The van der Waals surface area contributed by atoms with Crippen LogP contribution in [0.2, 0.25) is 0 Å². The van der Waals surface area contributed by atoms with Crippen molar-refractivity contribution in [2.24, 2.45) is 9.98 Å². The van der Waals surface area contributed by atoms with Gasteiger partial charge in [-0.2, -0.15) is 0 Å². The number of aryl methyl sites for hydroxylation is 1. The maximum Gasteiger partial charge on any atom is 0.267 e. The Morgan fingerprint density at radius 3 is 2.82 bits per heavy atom. The van der Waals surface area contributed by atoms with Crippen molar-refractivity contribution in [2.75, 3.05) is 0 Å². The topological polar surface area (TPSA) is 74.0 Å². The van der Waals surface area contributed by atoms with Crippen molar-refractivity contribution in [1.82, 2.24) is 5.48 Å². The van der Waals surface area contributed by atoms with Crippen molar-refractivity contribution in [3.05, 3.63) is 75.9 Å². The molecule has 2 aromatic carbocycles. The van der Waals surface area contributed by atoms with Gasteiger partial charge in [-0.1, -0.05) is 30.3 Å². The fourth-order valence-electron chi connectivity index (χ4n) is 2.38. The Labute approximate surface area is 127 Å². The monoisotopic (exact) mass is 293 g/mol. The molecule has 1 amide bonds. The SMILES string of the molecule is Cc1cccc2c1=NC(c1cccc(/C=C/C(=O)NO)c1)N=2. The Morgan fingerprint density at radius 1 is 1.23 bits per heavy atom. The molecule has 0 spiro atoms. The third-order valence-corrected chi connectivity index (χ3v) is 3.48. The highest BCUT2D eigenvalue weighted by Gasteiger charge is 2.13. The van der Waals surface area contributed by atoms with E-state index in [-0.39, 0.29) is 6.17 Å². The Morgan fingerprint density at radius 2 is 2.05 bits per heavy atom. The van der Waals surface area contributed by atoms with Gasteiger partial charge >= 0.3 is 0 Å². The third kappa shape index (κ3) is 2.80. The van der Waals surface area contributed by atoms with Crippen LogP contribution in [0.25, 0.3) is 6.08 Å². The summed E-state index contributed by atoms with van der Waals surface area (Å²) in [5, 5.41) is 10.3. The van der Waals surface area contributed by atoms with E-state index in [1.165, 1.54) is 6.08 Å². The molecular weight excluding hydrogens is 278 g/mol. The van der Waals surface area contributed by atoms with Gasteiger partial charge in [-0.05, 0) is 41.8 Å². The summed E-state index contributed by atoms with van der Waals surface area (Å²) < 4.78 is 0. The molecule has 1 unspecified atom stereocenters. The van der Waals surface area contributed by atoms with Crippen LogP contribution in [0.1, 0.15) is 22.9 Å². The second-order valence-electron chi connectivity index (χ2n) is 5.05. The fourth-order valence-corrected chi connectivity index (χ4v) is 2.38. The number of carbonyl (C=O) groups excluding carboxylic acids is 1. The van der Waals surface area contributed by atoms with E-state index in [9.17, 15) is 4.79 Å². The number of hydrogen-bond donors (Lipinski definition) is 2. The average molecular weight is 293 g/mol. The van der Waals surface area contributed by atoms with Crippen LogP contribution >= 0.6 is 0 Å². The van der Waals surface area contributed by atoms with E-state index in [0.29, 0.717) is 0 Å². The van der Waals surface area contributed by atoms with Crippen LogP contribution in [0.4, 0.5) is 0 Å². The van der Waals surface area contributed by atoms with E-state index in [0.717, 1.165) is 27.4 Å². The van der Waals surface area contributed by atoms with Crippen LogP contribution in [0.5, 0.6) is 0 Å². The first-order valence-electron chi connectivity index (χ1n) is 6.91. The maximum atomic E-state index is 11.0. The summed E-state index contributed by atoms with van der Waals surface area (Å²) in [4.78, 5) is 20.3. The van der Waals surface area contributed by atoms with Gasteiger partial charge in [-0.3, -0.25) is 20.0 Å². The van der Waals surface area contributed by atoms with Crippen LogP contribution in [0.3, 0.4) is 0 Å². The van der Waals surface area contributed by atoms with E-state index in [2.05, 4.69) is 9.98 Å². The number of fused-ring (bicyclic) bond motifs is 1. The summed E-state index contributed by atoms with van der Waals surface area (Å²) in [5.41, 5.74) is 4.48. The van der Waals surface area contributed by atoms with Crippen molar-refractivity contribution >= 4 is 12.0 Å². The van der Waals surface area contributed by atoms with Gasteiger partial charge in [-0.25, -0.2) is 5.48 Å². The number of rotatable bonds is 3. The summed E-state index contributed by atoms with van der Waals surface area (Å²) in [7, 11) is 0. The first-order valence-corrected chi connectivity index (χ1v) is 6.91. The van der Waals surface area contributed by atoms with Gasteiger partial charge in [0.2, 0.25) is 0 Å². The second-order valence-corrected chi connectivity index (χ2v) is 5.05. The summed E-state index contributed by atoms with van der Waals surface area (Å²) in [6, 6.07) is 13.6. The van der Waals surface area contributed by atoms with E-state index in [1.54, 1.807) is 11.6 Å². The molecule has 5 nitrogen and oxygen atoms in total. The molecule has 0 aliphatic carbocycles. The van der Waals surface area contributed by atoms with Gasteiger partial charge in [0.1, 0.15) is 0 Å². The van der Waals surface area contributed by atoms with Crippen molar-refractivity contribution in [3.63, 3.8) is 0 Å². The lowest BCUT2D eigenvalue weighted by atomic mass is 10.1. The molecule has 110 valence electrons. The van der Waals surface area contributed by atoms with Crippen molar-refractivity contribution in [1.29, 1.82) is 0 Å². The highest BCUT2D eigenvalue weighted by molar-refractivity contribution is 5.90. The van der Waals surface area contributed by atoms with Gasteiger partial charge in [0.25, 0.3) is 5.91 Å². The Hall–Kier alpha value is -2.79. The average Bonchev–Trinajstić information content (AvgIpc) is 2.98. The number of carbonyl (C=O) groups is 1. The third-order valence-electron chi connectivity index (χ3n) is 3.48. The van der Waals surface area contributed by atoms with E-state index in [4.69, 9.17) is 5.21 Å². The molecular formula is C17H15N3O2. The minimum Gasteiger partial charge on any atom is -0.288 e. The van der Waals surface area contributed by atoms with Crippen molar-refractivity contribution in [3.8, 4) is 0 Å². The number of nitrogens with zero attached hydrogens (tertiary/aromatic N) is 2. The lowest BCUT2D eigenvalue weighted by molar-refractivity contribution is -0.124. The highest BCUT2D eigenvalue weighted by atomic mass is 16.5. The van der Waals surface area contributed by atoms with Crippen LogP contribution in [-0.2, 0) is 4.79 Å². The molecule has 0 bridgehead atoms. The number of para-hydroxylation sites is 1. The van der Waals surface area contributed by atoms with Gasteiger partial charge in [0, 0.05) is 6.08 Å². The van der Waals surface area contributed by atoms with Gasteiger partial charge in [0.05, 0.1) is 10.7 Å². The smallest absolute Gasteiger partial charge is 0.267 e. The summed E-state index contributed by atoms with van der Waals surface area (Å²) >= 11 is 0. The molecule has 0 saturated carbocycles. The molecule has 0 radical (unpaired) electrons. The van der Waals surface area contributed by atoms with Crippen LogP contribution in [0, 0.1) is 6.92 Å². The summed E-state index contributed by atoms with van der Waals surface area (Å²) in [6.45, 7) is 2.02. The molecule has 0 fully saturated rings. The fraction of sp³-hybridized carbons (Fsp3) is 0.118. The zero-order chi connectivity index (χ0) is 15.5. The highest BCUT2D eigenvalue weighted by Crippen LogP contribution is 2.21. The molecule has 2 N–H and O–H groups in total. The van der Waals surface area contributed by atoms with E-state index >= 15 is 0 Å². The normalized spacial score (nSPS) is 16.0. The van der Waals surface area contributed by atoms with Crippen LogP contribution in [0.15, 0.2) is 58.5 Å². The number of hydrogen-bond acceptors (Lipinski definition) is 4. The standard InChI is InChI=1S/C17H15N3O2/c1-11-4-2-7-14-16(11)19-17(18-14)13-6-3-5-12(10-13)8-9-15(21)20-22/h2-10,17,22H,1H3,(H,20,21)/b9-8+. The van der Waals surface area contributed by atoms with Gasteiger partial charge in [-0.15, -0.1) is 0 Å². The Balaban J connectivity index is 1.93. The quantitative estimate of drug-likeness (QED) is 0.511. The lowest BCUT2D eigenvalue weighted by Gasteiger charge is -2.05. The molecule has 5 heteroatoms. The van der Waals surface area contributed by atoms with Crippen LogP contribution in [-0.4, -0.2) is 11.1 Å². The van der Waals surface area contributed by atoms with E-state index in [1.807, 2.05) is 49.4 Å². The number of nitrogens with one attached hydrogen (secondary N) is 1. The lowest BCUT2D eigenvalue weighted by Crippen LogP contribution is -2.23. The second kappa shape index (κ2) is 5.91. The Kier molecular flexibility index (Phi) is 3.80. The maximum absolute atomic E-state index is 11.0. The van der Waals surface area contributed by atoms with Crippen LogP contribution < -0.4 is 16.2 Å². The first kappa shape index (κ1) is 14.2. The minimum absolute atomic E-state index is 0.254. The largest absolute Gasteiger partial charge is 0.288 e. The van der Waals surface area contributed by atoms with Crippen molar-refractivity contribution < 1.29 is 10.0 Å². The summed E-state index contributed by atoms with van der Waals surface area (Å²) in [6.07, 6.45) is 2.64. The summed E-state index contributed by atoms with van der Waals surface area (Å²) in [5.74, 6) is -0.566. The minimum atomic E-state index is -0.566. The number of hydroxylamine groups is 1. The predicted molar refractivity (Wildman–Crippen MR) is 81.6 cm³/mol. The van der Waals surface area contributed by atoms with Gasteiger partial charge < -0.3 is 0 Å². The van der Waals surface area contributed by atoms with Gasteiger partial charge in [0.15, 0.2) is 6.17 Å². The Bertz CT molecular complexity index is 872. The van der Waals surface area contributed by atoms with Crippen molar-refractivity contribution in [2.45, 2.75) is 13.1 Å². The molecule has 0 saturated heterocycles. The molecule has 1 atom stereocenters. The zero-order valence-electron chi connectivity index (χ0n) is 12.0. The number of benzene rings is 2. The molecule has 0 aromatic heterocycles. The molecule has 1 aliphatic heterocycles. The molecule has 1 heterocycles. The number of amides is 1. The molecule has 1 aliphatic rings. The van der Waals surface area contributed by atoms with E-state index < -0.39 is 5.91 Å². The molecule has 3 rings (SSSR count). The molecule has 2 aromatic rings. The molecule has 22 heavy (non-hydrogen) atoms.